The number of carboxylic acids is 1. The molecule has 0 spiro atoms. The van der Waals surface area contributed by atoms with Crippen LogP contribution in [0.15, 0.2) is 110 Å². The van der Waals surface area contributed by atoms with Crippen molar-refractivity contribution in [3.8, 4) is 56.8 Å². The minimum Gasteiger partial charge on any atom is -0.870 e. The summed E-state index contributed by atoms with van der Waals surface area (Å²) in [7, 11) is 11.3. The van der Waals surface area contributed by atoms with Gasteiger partial charge in [-0.2, -0.15) is 0 Å². The number of aliphatic carboxylic acids is 1. The van der Waals surface area contributed by atoms with Gasteiger partial charge in [-0.05, 0) is 213 Å². The second-order valence-corrected chi connectivity index (χ2v) is 36.1. The smallest absolute Gasteiger partial charge is 0.870 e. The number of esters is 2. The summed E-state index contributed by atoms with van der Waals surface area (Å²) >= 11 is 3.17. The first-order valence-corrected chi connectivity index (χ1v) is 46.3. The number of aryl methyl sites for hydroxylation is 3. The van der Waals surface area contributed by atoms with Crippen molar-refractivity contribution in [2.75, 3.05) is 71.3 Å². The summed E-state index contributed by atoms with van der Waals surface area (Å²) in [4.78, 5) is 115. The average molecular weight is 2030 g/mol. The molecule has 0 unspecified atom stereocenters. The van der Waals surface area contributed by atoms with Crippen molar-refractivity contribution in [1.29, 1.82) is 0 Å². The van der Waals surface area contributed by atoms with E-state index < -0.39 is 124 Å². The van der Waals surface area contributed by atoms with Gasteiger partial charge >= 0.3 is 43.9 Å². The summed E-state index contributed by atoms with van der Waals surface area (Å²) in [5, 5.41) is 26.0. The molecule has 3 aromatic heterocycles. The summed E-state index contributed by atoms with van der Waals surface area (Å²) in [6.07, 6.45) is 5.93. The fourth-order valence-corrected chi connectivity index (χ4v) is 16.6. The number of anilines is 3. The van der Waals surface area contributed by atoms with Gasteiger partial charge in [0.1, 0.15) is 109 Å². The Bertz CT molecular complexity index is 6200. The SMILES string of the molecule is CC[C@H](C)Nc1cc(F)c(C(=O)N[C@@H](Cc2ccc(-c3c(OC)cc(C)n(C)c3=O)c3c2CCCO3)C(=O)O)c(F)c1.CC[C@H](C)Nc1cc(F)c(C(=O)N[C@@H](Cc2ccc(-c3c(OC)cc(C)n(C)c3=O)c3c2CCCO3)C(=O)OC)c(F)c1.CC[C@H](C)Nc1cc(F)c(C(=O)N[C@@H](Cc2ccc(B3OC(C)(C)C(C)(C)O3)c3c2CCCO3)C(=O)OC)c(F)c1.COc1cc(C)n(C)c(=O)c1Br.O.[Li+].[OH-]. The fourth-order valence-electron chi connectivity index (χ4n) is 16.1. The van der Waals surface area contributed by atoms with Gasteiger partial charge in [0.15, 0.2) is 0 Å². The van der Waals surface area contributed by atoms with Gasteiger partial charge in [0, 0.05) is 127 Å². The Morgan fingerprint density at radius 3 is 1.06 bits per heavy atom. The molecule has 31 nitrogen and oxygen atoms in total. The molecule has 10 N–H and O–H groups in total. The number of rotatable bonds is 30. The zero-order valence-electron chi connectivity index (χ0n) is 83.4. The molecule has 6 aromatic carbocycles. The molecule has 758 valence electrons. The van der Waals surface area contributed by atoms with E-state index in [0.29, 0.717) is 136 Å². The molecule has 0 bridgehead atoms. The monoisotopic (exact) mass is 2030 g/mol. The first kappa shape index (κ1) is 116. The number of ether oxygens (including phenoxy) is 8. The third-order valence-corrected chi connectivity index (χ3v) is 26.2. The second kappa shape index (κ2) is 50.4. The quantitative estimate of drug-likeness (QED) is 0.0125. The van der Waals surface area contributed by atoms with Gasteiger partial charge in [0.25, 0.3) is 34.4 Å². The van der Waals surface area contributed by atoms with Crippen LogP contribution in [-0.4, -0.2) is 175 Å². The number of fused-ring (bicyclic) bond motifs is 3. The van der Waals surface area contributed by atoms with E-state index in [1.165, 1.54) is 37.6 Å². The van der Waals surface area contributed by atoms with Crippen molar-refractivity contribution in [3.05, 3.63) is 229 Å². The minimum atomic E-state index is -1.49. The summed E-state index contributed by atoms with van der Waals surface area (Å²) in [5.41, 5.74) is 5.56. The number of amides is 3. The van der Waals surface area contributed by atoms with Crippen LogP contribution < -0.4 is 101 Å². The van der Waals surface area contributed by atoms with E-state index in [2.05, 4.69) is 47.8 Å². The molecule has 4 aliphatic rings. The van der Waals surface area contributed by atoms with Gasteiger partial charge < -0.3 is 109 Å². The molecule has 0 radical (unpaired) electrons. The molecular formula is C101H124BBrF6LiN9O22. The first-order valence-electron chi connectivity index (χ1n) is 45.5. The van der Waals surface area contributed by atoms with Crippen LogP contribution in [0.1, 0.15) is 189 Å². The van der Waals surface area contributed by atoms with E-state index in [-0.39, 0.29) is 101 Å². The minimum absolute atomic E-state index is 0. The number of benzene rings is 6. The molecule has 3 amide bonds. The zero-order chi connectivity index (χ0) is 102. The molecule has 0 aliphatic carbocycles. The van der Waals surface area contributed by atoms with Gasteiger partial charge in [-0.25, -0.2) is 40.7 Å². The zero-order valence-corrected chi connectivity index (χ0v) is 85.0. The Balaban J connectivity index is 0.000000268. The number of nitrogens with one attached hydrogen (secondary N) is 6. The number of hydrogen-bond donors (Lipinski definition) is 7. The third-order valence-electron chi connectivity index (χ3n) is 25.4. The van der Waals surface area contributed by atoms with E-state index in [1.807, 2.05) is 94.4 Å². The number of carbonyl (C=O) groups is 6. The molecule has 1 saturated heterocycles. The van der Waals surface area contributed by atoms with Crippen LogP contribution in [0.25, 0.3) is 22.3 Å². The van der Waals surface area contributed by atoms with Crippen molar-refractivity contribution in [1.82, 2.24) is 29.7 Å². The number of nitrogens with zero attached hydrogens (tertiary/aromatic N) is 3. The van der Waals surface area contributed by atoms with Gasteiger partial charge in [0.2, 0.25) is 0 Å². The Morgan fingerprint density at radius 1 is 0.461 bits per heavy atom. The molecule has 4 aliphatic heterocycles. The maximum absolute atomic E-state index is 14.9. The van der Waals surface area contributed by atoms with Crippen LogP contribution in [0.5, 0.6) is 34.5 Å². The number of halogens is 7. The molecule has 141 heavy (non-hydrogen) atoms. The standard InChI is InChI=1S/C32H37F2N3O6.C31H35F2N3O6.C30H39BF2N2O6.C8H10BrNO2.Li.2H2O/c1-7-17(2)35-20-15-23(33)28(24(34)16-20)30(38)36-25(32(40)42-6)14-19-10-11-22(29-21(19)9-8-12-43-29)27-26(41-5)13-18(3)37(4)31(27)39;1-6-16(2)34-19-14-22(32)27(23(33)15-19)29(37)35-24(31(39)40)13-18-9-10-21(28-20(18)8-7-11-42-28)26-25(41-5)12-17(3)36(4)30(26)38;1-8-17(2)34-19-15-22(32)25(23(33)16-19)27(36)35-24(28(37)38-7)14-18-11-12-21(26-20(18)10-9-13-39-26)31-40-29(3,4)30(5,6)41-31;1-5-4-6(12-3)7(9)8(11)10(5)2;;;/h10-11,13,15-17,25,35H,7-9,12,14H2,1-6H3,(H,36,38);9-10,12,14-16,24,34H,6-8,11,13H2,1-5H3,(H,35,37)(H,39,40);11-12,15-17,24,34H,8-10,13-14H2,1-7H3,(H,35,36);4H,1-3H3;;2*1H2/q;;;;+1;;/p-1/t17-,25-;16-,24-;17-,24-;;;;/m000..../s1. The Morgan fingerprint density at radius 2 is 0.752 bits per heavy atom. The molecule has 7 heterocycles. The van der Waals surface area contributed by atoms with E-state index in [0.717, 1.165) is 95.6 Å². The molecule has 0 saturated carbocycles. The van der Waals surface area contributed by atoms with Gasteiger partial charge in [0.05, 0.1) is 77.7 Å². The Labute approximate surface area is 835 Å². The van der Waals surface area contributed by atoms with E-state index in [4.69, 9.17) is 47.2 Å². The van der Waals surface area contributed by atoms with Crippen LogP contribution in [0.2, 0.25) is 0 Å². The summed E-state index contributed by atoms with van der Waals surface area (Å²) in [6.45, 7) is 26.1. The average Bonchev–Trinajstić information content (AvgIpc) is 1.05. The van der Waals surface area contributed by atoms with Crippen LogP contribution >= 0.6 is 15.9 Å². The molecule has 1 fully saturated rings. The Kier molecular flexibility index (Phi) is 41.4. The van der Waals surface area contributed by atoms with Crippen molar-refractivity contribution in [2.24, 2.45) is 21.1 Å². The van der Waals surface area contributed by atoms with Crippen molar-refractivity contribution in [3.63, 3.8) is 0 Å². The second-order valence-electron chi connectivity index (χ2n) is 35.3. The normalized spacial score (nSPS) is 14.6. The molecular weight excluding hydrogens is 1900 g/mol. The third kappa shape index (κ3) is 26.8. The Hall–Kier alpha value is -12.2. The molecule has 40 heteroatoms. The number of pyridine rings is 3. The van der Waals surface area contributed by atoms with Crippen LogP contribution in [0.3, 0.4) is 0 Å². The number of hydrogen-bond acceptors (Lipinski definition) is 23. The van der Waals surface area contributed by atoms with E-state index >= 15 is 0 Å². The number of carbonyl (C=O) groups excluding carboxylic acids is 5. The van der Waals surface area contributed by atoms with Crippen molar-refractivity contribution >= 4 is 81.2 Å². The van der Waals surface area contributed by atoms with Crippen LogP contribution in [0, 0.1) is 55.7 Å². The number of carboxylic acid groups (broad SMARTS) is 1. The predicted molar refractivity (Wildman–Crippen MR) is 522 cm³/mol. The summed E-state index contributed by atoms with van der Waals surface area (Å²) in [6, 6.07) is 18.0. The molecule has 9 aromatic rings. The van der Waals surface area contributed by atoms with Crippen molar-refractivity contribution in [2.45, 2.75) is 215 Å². The number of aromatic nitrogens is 3. The van der Waals surface area contributed by atoms with E-state index in [1.54, 1.807) is 83.1 Å². The molecule has 6 atom stereocenters. The summed E-state index contributed by atoms with van der Waals surface area (Å²) < 4.78 is 151. The van der Waals surface area contributed by atoms with Gasteiger partial charge in [-0.3, -0.25) is 28.8 Å². The van der Waals surface area contributed by atoms with E-state index in [9.17, 15) is 74.6 Å². The largest absolute Gasteiger partial charge is 1.00 e. The van der Waals surface area contributed by atoms with Gasteiger partial charge in [-0.1, -0.05) is 57.2 Å². The van der Waals surface area contributed by atoms with Crippen molar-refractivity contribution < 1.29 is 137 Å². The van der Waals surface area contributed by atoms with Crippen LogP contribution in [0.4, 0.5) is 43.4 Å². The van der Waals surface area contributed by atoms with Gasteiger partial charge in [-0.15, -0.1) is 0 Å². The molecule has 13 rings (SSSR count). The summed E-state index contributed by atoms with van der Waals surface area (Å²) in [5.74, 6) is -9.70. The van der Waals surface area contributed by atoms with Crippen LogP contribution in [-0.2, 0) is 92.8 Å². The predicted octanol–water partition coefficient (Wildman–Crippen LogP) is 11.1. The maximum atomic E-state index is 14.9. The number of methoxy groups -OCH3 is 5. The fraction of sp³-hybridized carbons (Fsp3) is 0.436. The topological polar surface area (TPSA) is 415 Å². The first-order chi connectivity index (χ1) is 65.3. The maximum Gasteiger partial charge on any atom is 1.00 e.